The Morgan fingerprint density at radius 3 is 2.84 bits per heavy atom. The molecule has 0 saturated heterocycles. The maximum absolute atomic E-state index is 12.9. The first-order chi connectivity index (χ1) is 12.1. The van der Waals surface area contributed by atoms with Crippen LogP contribution < -0.4 is 10.1 Å². The highest BCUT2D eigenvalue weighted by molar-refractivity contribution is 7.21. The molecule has 2 aromatic rings. The largest absolute Gasteiger partial charge is 0.497 e. The second-order valence-corrected chi connectivity index (χ2v) is 8.26. The lowest BCUT2D eigenvalue weighted by atomic mass is 9.51. The van der Waals surface area contributed by atoms with Crippen molar-refractivity contribution in [2.24, 2.45) is 5.41 Å². The summed E-state index contributed by atoms with van der Waals surface area (Å²) in [6.07, 6.45) is 4.86. The van der Waals surface area contributed by atoms with Gasteiger partial charge in [-0.3, -0.25) is 4.79 Å². The van der Waals surface area contributed by atoms with E-state index in [0.717, 1.165) is 39.3 Å². The topological polar surface area (TPSA) is 47.6 Å². The third kappa shape index (κ3) is 2.56. The van der Waals surface area contributed by atoms with Crippen molar-refractivity contribution < 1.29 is 14.3 Å². The molecule has 2 atom stereocenters. The third-order valence-electron chi connectivity index (χ3n) is 6.09. The molecule has 0 aliphatic heterocycles. The smallest absolute Gasteiger partial charge is 0.261 e. The molecule has 2 aliphatic carbocycles. The number of methoxy groups -OCH3 is 1. The van der Waals surface area contributed by atoms with E-state index in [0.29, 0.717) is 6.10 Å². The number of aryl methyl sites for hydroxylation is 1. The highest BCUT2D eigenvalue weighted by atomic mass is 32.1. The second kappa shape index (κ2) is 6.29. The molecule has 1 heterocycles. The van der Waals surface area contributed by atoms with Crippen LogP contribution in [-0.4, -0.2) is 31.8 Å². The number of benzene rings is 1. The summed E-state index contributed by atoms with van der Waals surface area (Å²) in [6, 6.07) is 6.25. The summed E-state index contributed by atoms with van der Waals surface area (Å²) in [7, 11) is 1.67. The standard InChI is InChI=1S/C20H25NO3S/c1-4-24-17-11-16(20(17)8-5-9-20)21-19(22)18-12(2)14-10-13(23-3)6-7-15(14)25-18/h6-7,10,16-17H,4-5,8-9,11H2,1-3H3,(H,21,22). The van der Waals surface area contributed by atoms with Gasteiger partial charge in [-0.25, -0.2) is 0 Å². The van der Waals surface area contributed by atoms with Gasteiger partial charge >= 0.3 is 0 Å². The molecule has 4 nitrogen and oxygen atoms in total. The number of nitrogens with one attached hydrogen (secondary N) is 1. The zero-order valence-corrected chi connectivity index (χ0v) is 15.9. The van der Waals surface area contributed by atoms with Crippen LogP contribution in [0.1, 0.15) is 47.8 Å². The van der Waals surface area contributed by atoms with Crippen molar-refractivity contribution in [3.63, 3.8) is 0 Å². The van der Waals surface area contributed by atoms with Gasteiger partial charge in [0.25, 0.3) is 5.91 Å². The number of carbonyl (C=O) groups excluding carboxylic acids is 1. The first kappa shape index (κ1) is 16.9. The van der Waals surface area contributed by atoms with Crippen LogP contribution in [0, 0.1) is 12.3 Å². The van der Waals surface area contributed by atoms with Crippen LogP contribution in [0.4, 0.5) is 0 Å². The third-order valence-corrected chi connectivity index (χ3v) is 7.36. The van der Waals surface area contributed by atoms with Gasteiger partial charge in [0.05, 0.1) is 18.1 Å². The van der Waals surface area contributed by atoms with Crippen molar-refractivity contribution in [1.82, 2.24) is 5.32 Å². The number of amides is 1. The van der Waals surface area contributed by atoms with E-state index in [2.05, 4.69) is 5.32 Å². The van der Waals surface area contributed by atoms with E-state index >= 15 is 0 Å². The molecule has 5 heteroatoms. The minimum Gasteiger partial charge on any atom is -0.497 e. The first-order valence-corrected chi connectivity index (χ1v) is 9.90. The van der Waals surface area contributed by atoms with Crippen molar-refractivity contribution in [3.8, 4) is 5.75 Å². The highest BCUT2D eigenvalue weighted by Gasteiger charge is 2.59. The van der Waals surface area contributed by atoms with Crippen LogP contribution in [0.25, 0.3) is 10.1 Å². The molecule has 134 valence electrons. The molecule has 0 bridgehead atoms. The lowest BCUT2D eigenvalue weighted by Crippen LogP contribution is -2.67. The van der Waals surface area contributed by atoms with E-state index in [4.69, 9.17) is 9.47 Å². The molecule has 2 unspecified atom stereocenters. The highest BCUT2D eigenvalue weighted by Crippen LogP contribution is 2.57. The summed E-state index contributed by atoms with van der Waals surface area (Å²) >= 11 is 1.57. The summed E-state index contributed by atoms with van der Waals surface area (Å²) in [6.45, 7) is 4.83. The Balaban J connectivity index is 1.54. The van der Waals surface area contributed by atoms with Gasteiger partial charge in [-0.1, -0.05) is 6.42 Å². The fourth-order valence-electron chi connectivity index (χ4n) is 4.41. The van der Waals surface area contributed by atoms with E-state index in [1.165, 1.54) is 19.3 Å². The van der Waals surface area contributed by atoms with Gasteiger partial charge in [-0.2, -0.15) is 0 Å². The lowest BCUT2D eigenvalue weighted by molar-refractivity contribution is -0.169. The predicted molar refractivity (Wildman–Crippen MR) is 101 cm³/mol. The molecule has 1 aromatic carbocycles. The number of thiophene rings is 1. The van der Waals surface area contributed by atoms with Gasteiger partial charge in [0, 0.05) is 22.8 Å². The molecule has 1 spiro atoms. The zero-order chi connectivity index (χ0) is 17.6. The van der Waals surface area contributed by atoms with Crippen molar-refractivity contribution in [1.29, 1.82) is 0 Å². The molecule has 2 fully saturated rings. The van der Waals surface area contributed by atoms with Crippen LogP contribution in [0.5, 0.6) is 5.75 Å². The zero-order valence-electron chi connectivity index (χ0n) is 15.1. The second-order valence-electron chi connectivity index (χ2n) is 7.21. The molecule has 4 rings (SSSR count). The van der Waals surface area contributed by atoms with Crippen LogP contribution in [0.15, 0.2) is 18.2 Å². The van der Waals surface area contributed by atoms with Gasteiger partial charge in [-0.15, -0.1) is 11.3 Å². The summed E-state index contributed by atoms with van der Waals surface area (Å²) in [4.78, 5) is 13.7. The van der Waals surface area contributed by atoms with E-state index in [1.54, 1.807) is 18.4 Å². The first-order valence-electron chi connectivity index (χ1n) is 9.08. The van der Waals surface area contributed by atoms with E-state index in [9.17, 15) is 4.79 Å². The van der Waals surface area contributed by atoms with Crippen LogP contribution in [0.3, 0.4) is 0 Å². The Bertz CT molecular complexity index is 809. The molecule has 1 N–H and O–H groups in total. The summed E-state index contributed by atoms with van der Waals surface area (Å²) in [5, 5.41) is 4.41. The Kier molecular flexibility index (Phi) is 4.24. The molecule has 2 saturated carbocycles. The minimum absolute atomic E-state index is 0.0592. The van der Waals surface area contributed by atoms with Crippen molar-refractivity contribution >= 4 is 27.3 Å². The number of hydrogen-bond donors (Lipinski definition) is 1. The number of ether oxygens (including phenoxy) is 2. The van der Waals surface area contributed by atoms with Crippen LogP contribution in [0.2, 0.25) is 0 Å². The number of hydrogen-bond acceptors (Lipinski definition) is 4. The number of fused-ring (bicyclic) bond motifs is 1. The number of rotatable bonds is 5. The number of carbonyl (C=O) groups is 1. The molecule has 1 aromatic heterocycles. The average Bonchev–Trinajstić information content (AvgIpc) is 2.88. The Labute approximate surface area is 152 Å². The van der Waals surface area contributed by atoms with Crippen LogP contribution >= 0.6 is 11.3 Å². The van der Waals surface area contributed by atoms with Gasteiger partial charge in [0.15, 0.2) is 0 Å². The quantitative estimate of drug-likeness (QED) is 0.866. The van der Waals surface area contributed by atoms with Crippen molar-refractivity contribution in [2.45, 2.75) is 51.7 Å². The van der Waals surface area contributed by atoms with E-state index in [-0.39, 0.29) is 17.4 Å². The van der Waals surface area contributed by atoms with Gasteiger partial charge in [0.1, 0.15) is 5.75 Å². The van der Waals surface area contributed by atoms with Gasteiger partial charge in [0.2, 0.25) is 0 Å². The average molecular weight is 359 g/mol. The summed E-state index contributed by atoms with van der Waals surface area (Å²) in [5.41, 5.74) is 1.24. The van der Waals surface area contributed by atoms with E-state index in [1.807, 2.05) is 32.0 Å². The predicted octanol–water partition coefficient (Wildman–Crippen LogP) is 4.30. The molecule has 25 heavy (non-hydrogen) atoms. The monoisotopic (exact) mass is 359 g/mol. The maximum atomic E-state index is 12.9. The molecule has 2 aliphatic rings. The SMILES string of the molecule is CCOC1CC(NC(=O)c2sc3ccc(OC)cc3c2C)C12CCC2. The Morgan fingerprint density at radius 2 is 2.20 bits per heavy atom. The van der Waals surface area contributed by atoms with Gasteiger partial charge < -0.3 is 14.8 Å². The minimum atomic E-state index is 0.0592. The van der Waals surface area contributed by atoms with Crippen molar-refractivity contribution in [2.75, 3.05) is 13.7 Å². The maximum Gasteiger partial charge on any atom is 0.261 e. The Hall–Kier alpha value is -1.59. The normalized spacial score (nSPS) is 24.0. The van der Waals surface area contributed by atoms with E-state index < -0.39 is 0 Å². The van der Waals surface area contributed by atoms with Crippen LogP contribution in [-0.2, 0) is 4.74 Å². The summed E-state index contributed by atoms with van der Waals surface area (Å²) in [5.74, 6) is 0.885. The lowest BCUT2D eigenvalue weighted by Gasteiger charge is -2.60. The van der Waals surface area contributed by atoms with Gasteiger partial charge in [-0.05, 0) is 62.3 Å². The molecule has 0 radical (unpaired) electrons. The fourth-order valence-corrected chi connectivity index (χ4v) is 5.50. The molecular weight excluding hydrogens is 334 g/mol. The molecular formula is C20H25NO3S. The fraction of sp³-hybridized carbons (Fsp3) is 0.550. The summed E-state index contributed by atoms with van der Waals surface area (Å²) < 4.78 is 12.3. The molecule has 1 amide bonds. The Morgan fingerprint density at radius 1 is 1.40 bits per heavy atom. The van der Waals surface area contributed by atoms with Crippen molar-refractivity contribution in [3.05, 3.63) is 28.6 Å².